The molecule has 1 rings (SSSR count). The van der Waals surface area contributed by atoms with Gasteiger partial charge in [0.1, 0.15) is 12.2 Å². The lowest BCUT2D eigenvalue weighted by Crippen LogP contribution is -2.56. The zero-order valence-electron chi connectivity index (χ0n) is 10.7. The highest BCUT2D eigenvalue weighted by Crippen LogP contribution is 2.27. The predicted octanol–water partition coefficient (Wildman–Crippen LogP) is -1.99. The Morgan fingerprint density at radius 2 is 1.85 bits per heavy atom. The zero-order valence-corrected chi connectivity index (χ0v) is 10.7. The molecule has 1 aliphatic heterocycles. The fraction of sp³-hybridized carbons (Fsp3) is 0.818. The first-order chi connectivity index (χ1) is 9.27. The molecule has 0 radical (unpaired) electrons. The van der Waals surface area contributed by atoms with Crippen molar-refractivity contribution in [3.63, 3.8) is 0 Å². The first-order valence-corrected chi connectivity index (χ1v) is 6.00. The van der Waals surface area contributed by atoms with Crippen molar-refractivity contribution < 1.29 is 44.6 Å². The maximum atomic E-state index is 10.9. The van der Waals surface area contributed by atoms with Crippen molar-refractivity contribution in [1.82, 2.24) is 0 Å². The summed E-state index contributed by atoms with van der Waals surface area (Å²) in [6.07, 6.45) is -7.43. The van der Waals surface area contributed by atoms with E-state index in [1.54, 1.807) is 0 Å². The Morgan fingerprint density at radius 3 is 2.30 bits per heavy atom. The van der Waals surface area contributed by atoms with Gasteiger partial charge < -0.3 is 35.0 Å². The van der Waals surface area contributed by atoms with E-state index in [1.165, 1.54) is 6.92 Å². The Bertz CT molecular complexity index is 356. The number of hydrogen-bond acceptors (Lipinski definition) is 7. The fourth-order valence-electron chi connectivity index (χ4n) is 1.89. The number of carboxylic acids is 2. The molecule has 0 aromatic rings. The minimum absolute atomic E-state index is 0.596. The van der Waals surface area contributed by atoms with E-state index in [0.717, 1.165) is 0 Å². The highest BCUT2D eigenvalue weighted by Gasteiger charge is 2.44. The van der Waals surface area contributed by atoms with Crippen LogP contribution < -0.4 is 0 Å². The maximum Gasteiger partial charge on any atom is 0.333 e. The maximum absolute atomic E-state index is 10.9. The molecule has 1 aliphatic rings. The monoisotopic (exact) mass is 294 g/mol. The molecule has 0 aliphatic carbocycles. The van der Waals surface area contributed by atoms with Crippen LogP contribution in [0.5, 0.6) is 0 Å². The van der Waals surface area contributed by atoms with Crippen molar-refractivity contribution in [2.75, 3.05) is 6.61 Å². The number of carbonyl (C=O) groups is 2. The number of ether oxygens (including phenoxy) is 2. The summed E-state index contributed by atoms with van der Waals surface area (Å²) in [6.45, 7) is 0.854. The van der Waals surface area contributed by atoms with Crippen molar-refractivity contribution in [2.45, 2.75) is 44.1 Å². The van der Waals surface area contributed by atoms with Gasteiger partial charge in [-0.25, -0.2) is 4.79 Å². The second-order valence-electron chi connectivity index (χ2n) is 4.63. The van der Waals surface area contributed by atoms with Gasteiger partial charge >= 0.3 is 11.9 Å². The molecule has 1 fully saturated rings. The minimum atomic E-state index is -1.65. The van der Waals surface area contributed by atoms with Crippen molar-refractivity contribution in [3.05, 3.63) is 0 Å². The van der Waals surface area contributed by atoms with E-state index >= 15 is 0 Å². The van der Waals surface area contributed by atoms with E-state index in [4.69, 9.17) is 24.8 Å². The average molecular weight is 294 g/mol. The predicted molar refractivity (Wildman–Crippen MR) is 61.7 cm³/mol. The summed E-state index contributed by atoms with van der Waals surface area (Å²) in [4.78, 5) is 21.5. The van der Waals surface area contributed by atoms with Gasteiger partial charge in [-0.05, 0) is 0 Å². The highest BCUT2D eigenvalue weighted by atomic mass is 16.7. The van der Waals surface area contributed by atoms with Crippen molar-refractivity contribution in [2.24, 2.45) is 5.92 Å². The van der Waals surface area contributed by atoms with Crippen LogP contribution in [0.3, 0.4) is 0 Å². The SMILES string of the molecule is CC1C(O[C@@H](CC(=O)O)C(=O)O)OC(CO)[C@@H](O)[C@@H]1O. The van der Waals surface area contributed by atoms with Gasteiger partial charge in [0, 0.05) is 5.92 Å². The quantitative estimate of drug-likeness (QED) is 0.374. The molecule has 0 saturated carbocycles. The molecule has 1 heterocycles. The van der Waals surface area contributed by atoms with E-state index in [1.807, 2.05) is 0 Å². The second-order valence-corrected chi connectivity index (χ2v) is 4.63. The number of aliphatic carboxylic acids is 2. The third kappa shape index (κ3) is 3.87. The molecule has 20 heavy (non-hydrogen) atoms. The lowest BCUT2D eigenvalue weighted by Gasteiger charge is -2.41. The molecule has 0 aromatic carbocycles. The van der Waals surface area contributed by atoms with Crippen LogP contribution in [-0.2, 0) is 19.1 Å². The van der Waals surface area contributed by atoms with E-state index < -0.39 is 61.6 Å². The lowest BCUT2D eigenvalue weighted by molar-refractivity contribution is -0.292. The first kappa shape index (κ1) is 16.8. The second kappa shape index (κ2) is 6.95. The Kier molecular flexibility index (Phi) is 5.84. The third-order valence-electron chi connectivity index (χ3n) is 3.12. The zero-order chi connectivity index (χ0) is 15.4. The molecule has 9 nitrogen and oxygen atoms in total. The summed E-state index contributed by atoms with van der Waals surface area (Å²) in [5.41, 5.74) is 0. The highest BCUT2D eigenvalue weighted by molar-refractivity contribution is 5.79. The van der Waals surface area contributed by atoms with Gasteiger partial charge in [0.25, 0.3) is 0 Å². The van der Waals surface area contributed by atoms with Gasteiger partial charge in [0.05, 0.1) is 19.1 Å². The van der Waals surface area contributed by atoms with Crippen molar-refractivity contribution in [3.8, 4) is 0 Å². The van der Waals surface area contributed by atoms with Crippen LogP contribution in [0, 0.1) is 5.92 Å². The van der Waals surface area contributed by atoms with E-state index in [0.29, 0.717) is 0 Å². The van der Waals surface area contributed by atoms with Crippen LogP contribution in [0.2, 0.25) is 0 Å². The molecule has 6 atom stereocenters. The van der Waals surface area contributed by atoms with E-state index in [9.17, 15) is 19.8 Å². The van der Waals surface area contributed by atoms with Gasteiger partial charge in [-0.15, -0.1) is 0 Å². The summed E-state index contributed by atoms with van der Waals surface area (Å²) in [7, 11) is 0. The summed E-state index contributed by atoms with van der Waals surface area (Å²) >= 11 is 0. The van der Waals surface area contributed by atoms with Gasteiger partial charge in [-0.3, -0.25) is 4.79 Å². The van der Waals surface area contributed by atoms with Crippen molar-refractivity contribution in [1.29, 1.82) is 0 Å². The topological polar surface area (TPSA) is 154 Å². The number of rotatable bonds is 6. The first-order valence-electron chi connectivity index (χ1n) is 6.00. The average Bonchev–Trinajstić information content (AvgIpc) is 2.37. The number of aliphatic hydroxyl groups is 3. The van der Waals surface area contributed by atoms with Crippen LogP contribution in [0.4, 0.5) is 0 Å². The van der Waals surface area contributed by atoms with Gasteiger partial charge in [0.15, 0.2) is 12.4 Å². The Morgan fingerprint density at radius 1 is 1.25 bits per heavy atom. The minimum Gasteiger partial charge on any atom is -0.481 e. The smallest absolute Gasteiger partial charge is 0.333 e. The largest absolute Gasteiger partial charge is 0.481 e. The third-order valence-corrected chi connectivity index (χ3v) is 3.12. The van der Waals surface area contributed by atoms with Gasteiger partial charge in [-0.2, -0.15) is 0 Å². The summed E-state index contributed by atoms with van der Waals surface area (Å²) in [6, 6.07) is 0. The van der Waals surface area contributed by atoms with Crippen LogP contribution in [-0.4, -0.2) is 74.8 Å². The molecule has 5 N–H and O–H groups in total. The van der Waals surface area contributed by atoms with E-state index in [-0.39, 0.29) is 0 Å². The fourth-order valence-corrected chi connectivity index (χ4v) is 1.89. The molecular weight excluding hydrogens is 276 g/mol. The molecule has 1 saturated heterocycles. The van der Waals surface area contributed by atoms with Crippen LogP contribution >= 0.6 is 0 Å². The molecule has 0 aromatic heterocycles. The Labute approximate surface area is 114 Å². The number of aliphatic hydroxyl groups excluding tert-OH is 3. The Hall–Kier alpha value is -1.26. The summed E-state index contributed by atoms with van der Waals surface area (Å²) < 4.78 is 10.2. The van der Waals surface area contributed by atoms with Gasteiger partial charge in [0.2, 0.25) is 0 Å². The molecule has 3 unspecified atom stereocenters. The van der Waals surface area contributed by atoms with Crippen LogP contribution in [0.1, 0.15) is 13.3 Å². The molecule has 9 heteroatoms. The molecule has 116 valence electrons. The molecule has 0 amide bonds. The summed E-state index contributed by atoms with van der Waals surface area (Å²) in [5.74, 6) is -3.63. The lowest BCUT2D eigenvalue weighted by atomic mass is 9.92. The van der Waals surface area contributed by atoms with Crippen LogP contribution in [0.25, 0.3) is 0 Å². The van der Waals surface area contributed by atoms with Crippen LogP contribution in [0.15, 0.2) is 0 Å². The number of carboxylic acid groups (broad SMARTS) is 2. The van der Waals surface area contributed by atoms with E-state index in [2.05, 4.69) is 0 Å². The molecule has 0 bridgehead atoms. The number of hydrogen-bond donors (Lipinski definition) is 5. The van der Waals surface area contributed by atoms with Crippen molar-refractivity contribution >= 4 is 11.9 Å². The standard InChI is InChI=1S/C11H18O9/c1-4-8(15)9(16)6(3-12)20-11(4)19-5(10(17)18)2-7(13)14/h4-6,8-9,11-12,15-16H,2-3H2,1H3,(H,13,14)(H,17,18)/t4?,5-,6?,8+,9+,11?/m0/s1. The molecular formula is C11H18O9. The Balaban J connectivity index is 2.77. The summed E-state index contributed by atoms with van der Waals surface area (Å²) in [5, 5.41) is 45.9. The van der Waals surface area contributed by atoms with Gasteiger partial charge in [-0.1, -0.05) is 6.92 Å². The normalized spacial score (nSPS) is 35.5. The molecule has 0 spiro atoms.